The Labute approximate surface area is 86.1 Å². The number of imidazole rings is 1. The Balaban J connectivity index is 2.35. The van der Waals surface area contributed by atoms with E-state index in [2.05, 4.69) is 27.4 Å². The molecule has 0 aliphatic rings. The maximum absolute atomic E-state index is 4.96. The van der Waals surface area contributed by atoms with Gasteiger partial charge in [0.15, 0.2) is 0 Å². The minimum absolute atomic E-state index is 0.526. The number of rotatable bonds is 3. The van der Waals surface area contributed by atoms with Gasteiger partial charge in [0.1, 0.15) is 5.65 Å². The van der Waals surface area contributed by atoms with Crippen LogP contribution in [0.1, 0.15) is 5.56 Å². The van der Waals surface area contributed by atoms with Gasteiger partial charge in [0.2, 0.25) is 0 Å². The van der Waals surface area contributed by atoms with Crippen molar-refractivity contribution in [3.63, 3.8) is 0 Å². The van der Waals surface area contributed by atoms with Crippen LogP contribution in [0.2, 0.25) is 0 Å². The van der Waals surface area contributed by atoms with Crippen LogP contribution in [-0.4, -0.2) is 9.38 Å². The zero-order chi connectivity index (χ0) is 10.7. The Hall–Kier alpha value is -2.21. The fraction of sp³-hybridized carbons (Fsp3) is 0. The molecule has 0 spiro atoms. The third-order valence-electron chi connectivity index (χ3n) is 1.96. The minimum atomic E-state index is 0.526. The highest BCUT2D eigenvalue weighted by Crippen LogP contribution is 2.15. The number of fused-ring (bicyclic) bond motifs is 1. The summed E-state index contributed by atoms with van der Waals surface area (Å²) in [6.45, 7) is 3.76. The number of nitrogens with one attached hydrogen (secondary N) is 1. The molecule has 6 heteroatoms. The number of hydrogen-bond donors (Lipinski definition) is 2. The average Bonchev–Trinajstić information content (AvgIpc) is 2.72. The second-order valence-electron chi connectivity index (χ2n) is 2.88. The smallest absolute Gasteiger partial charge is 0.137 e. The fourth-order valence-corrected chi connectivity index (χ4v) is 1.24. The molecule has 2 rings (SSSR count). The van der Waals surface area contributed by atoms with Crippen molar-refractivity contribution >= 4 is 11.3 Å². The van der Waals surface area contributed by atoms with E-state index in [0.717, 1.165) is 11.2 Å². The second kappa shape index (κ2) is 3.89. The van der Waals surface area contributed by atoms with Crippen molar-refractivity contribution in [2.75, 3.05) is 0 Å². The largest absolute Gasteiger partial charge is 0.307 e. The van der Waals surface area contributed by atoms with Crippen LogP contribution in [0, 0.1) is 0 Å². The van der Waals surface area contributed by atoms with E-state index in [0.29, 0.717) is 5.70 Å². The van der Waals surface area contributed by atoms with Gasteiger partial charge in [0.25, 0.3) is 0 Å². The predicted octanol–water partition coefficient (Wildman–Crippen LogP) is 1.14. The lowest BCUT2D eigenvalue weighted by Crippen LogP contribution is -2.12. The molecule has 2 aromatic heterocycles. The summed E-state index contributed by atoms with van der Waals surface area (Å²) < 4.78 is 1.90. The maximum atomic E-state index is 4.96. The first-order valence-electron chi connectivity index (χ1n) is 4.29. The Morgan fingerprint density at radius 1 is 1.53 bits per heavy atom. The van der Waals surface area contributed by atoms with Gasteiger partial charge in [-0.1, -0.05) is 11.8 Å². The molecule has 0 radical (unpaired) electrons. The van der Waals surface area contributed by atoms with Crippen molar-refractivity contribution in [2.45, 2.75) is 0 Å². The average molecular weight is 202 g/mol. The first-order valence-corrected chi connectivity index (χ1v) is 4.29. The van der Waals surface area contributed by atoms with Gasteiger partial charge in [0, 0.05) is 24.2 Å². The monoisotopic (exact) mass is 202 g/mol. The van der Waals surface area contributed by atoms with E-state index in [1.54, 1.807) is 6.20 Å². The molecule has 15 heavy (non-hydrogen) atoms. The third kappa shape index (κ3) is 1.84. The predicted molar refractivity (Wildman–Crippen MR) is 56.4 cm³/mol. The van der Waals surface area contributed by atoms with Crippen LogP contribution in [-0.2, 0) is 0 Å². The lowest BCUT2D eigenvalue weighted by atomic mass is 10.2. The van der Waals surface area contributed by atoms with Crippen LogP contribution in [0.4, 0.5) is 0 Å². The van der Waals surface area contributed by atoms with Crippen molar-refractivity contribution < 1.29 is 0 Å². The van der Waals surface area contributed by atoms with Crippen LogP contribution >= 0.6 is 0 Å². The van der Waals surface area contributed by atoms with Crippen molar-refractivity contribution in [1.82, 2.24) is 14.9 Å². The van der Waals surface area contributed by atoms with Crippen LogP contribution in [0.3, 0.4) is 0 Å². The number of nitrogens with zero attached hydrogens (tertiary/aromatic N) is 4. The van der Waals surface area contributed by atoms with Gasteiger partial charge >= 0.3 is 0 Å². The van der Waals surface area contributed by atoms with E-state index < -0.39 is 0 Å². The first-order chi connectivity index (χ1) is 7.31. The fourth-order valence-electron chi connectivity index (χ4n) is 1.24. The molecule has 0 saturated heterocycles. The Morgan fingerprint density at radius 3 is 3.20 bits per heavy atom. The van der Waals surface area contributed by atoms with Crippen LogP contribution in [0.25, 0.3) is 11.3 Å². The summed E-state index contributed by atoms with van der Waals surface area (Å²) >= 11 is 0. The normalized spacial score (nSPS) is 11.0. The highest BCUT2D eigenvalue weighted by atomic mass is 15.5. The Morgan fingerprint density at radius 2 is 2.40 bits per heavy atom. The molecule has 0 aromatic carbocycles. The molecule has 0 bridgehead atoms. The summed E-state index contributed by atoms with van der Waals surface area (Å²) in [4.78, 5) is 4.15. The molecule has 2 aromatic rings. The maximum Gasteiger partial charge on any atom is 0.137 e. The summed E-state index contributed by atoms with van der Waals surface area (Å²) in [5, 5.41) is 7.20. The van der Waals surface area contributed by atoms with Crippen molar-refractivity contribution in [3.05, 3.63) is 42.9 Å². The molecule has 2 heterocycles. The third-order valence-corrected chi connectivity index (χ3v) is 1.96. The number of nitrogens with two attached hydrogens (primary N) is 1. The number of hydrazine groups is 1. The summed E-state index contributed by atoms with van der Waals surface area (Å²) in [5.41, 5.74) is 4.30. The van der Waals surface area contributed by atoms with E-state index >= 15 is 0 Å². The molecular formula is C9H10N6. The van der Waals surface area contributed by atoms with Gasteiger partial charge in [-0.2, -0.15) is 0 Å². The molecule has 0 atom stereocenters. The summed E-state index contributed by atoms with van der Waals surface area (Å²) in [6, 6.07) is 3.75. The molecule has 0 fully saturated rings. The lowest BCUT2D eigenvalue weighted by Gasteiger charge is -1.99. The van der Waals surface area contributed by atoms with Crippen LogP contribution < -0.4 is 11.4 Å². The van der Waals surface area contributed by atoms with E-state index in [-0.39, 0.29) is 0 Å². The van der Waals surface area contributed by atoms with E-state index in [1.165, 1.54) is 0 Å². The number of hydrogen-bond acceptors (Lipinski definition) is 4. The first kappa shape index (κ1) is 9.35. The van der Waals surface area contributed by atoms with Crippen molar-refractivity contribution in [3.8, 4) is 0 Å². The van der Waals surface area contributed by atoms with E-state index in [4.69, 9.17) is 5.84 Å². The zero-order valence-electron chi connectivity index (χ0n) is 7.96. The Kier molecular flexibility index (Phi) is 2.42. The van der Waals surface area contributed by atoms with Gasteiger partial charge < -0.3 is 4.40 Å². The summed E-state index contributed by atoms with van der Waals surface area (Å²) in [6.07, 6.45) is 5.48. The van der Waals surface area contributed by atoms with Crippen molar-refractivity contribution in [2.24, 2.45) is 16.2 Å². The molecular weight excluding hydrogens is 192 g/mol. The summed E-state index contributed by atoms with van der Waals surface area (Å²) in [7, 11) is 0. The summed E-state index contributed by atoms with van der Waals surface area (Å²) in [5.74, 6) is 4.96. The highest BCUT2D eigenvalue weighted by molar-refractivity contribution is 5.64. The molecule has 0 aliphatic heterocycles. The molecule has 6 nitrogen and oxygen atoms in total. The van der Waals surface area contributed by atoms with Gasteiger partial charge in [0.05, 0.1) is 5.70 Å². The SMILES string of the molecule is C=C(/N=N\NN)c1ccn2ccnc2c1. The Bertz CT molecular complexity index is 512. The minimum Gasteiger partial charge on any atom is -0.307 e. The molecule has 76 valence electrons. The van der Waals surface area contributed by atoms with Gasteiger partial charge in [-0.25, -0.2) is 16.4 Å². The number of pyridine rings is 1. The molecule has 0 aliphatic carbocycles. The standard InChI is InChI=1S/C9H10N6/c1-7(12-14-13-10)8-2-4-15-5-3-11-9(15)6-8/h2-6H,1H2,(H2,10,14)(H,12,13). The lowest BCUT2D eigenvalue weighted by molar-refractivity contribution is 0.748. The quantitative estimate of drug-likeness (QED) is 0.445. The topological polar surface area (TPSA) is 80.1 Å². The van der Waals surface area contributed by atoms with Gasteiger partial charge in [-0.3, -0.25) is 0 Å². The molecule has 3 N–H and O–H groups in total. The molecule has 0 unspecified atom stereocenters. The molecule has 0 saturated carbocycles. The van der Waals surface area contributed by atoms with E-state index in [9.17, 15) is 0 Å². The highest BCUT2D eigenvalue weighted by Gasteiger charge is 1.99. The van der Waals surface area contributed by atoms with Gasteiger partial charge in [-0.15, -0.1) is 5.11 Å². The van der Waals surface area contributed by atoms with E-state index in [1.807, 2.05) is 28.9 Å². The van der Waals surface area contributed by atoms with Crippen molar-refractivity contribution in [1.29, 1.82) is 0 Å². The van der Waals surface area contributed by atoms with Crippen LogP contribution in [0.15, 0.2) is 47.6 Å². The molecule has 0 amide bonds. The number of aromatic nitrogens is 2. The second-order valence-corrected chi connectivity index (χ2v) is 2.88. The van der Waals surface area contributed by atoms with Crippen LogP contribution in [0.5, 0.6) is 0 Å². The van der Waals surface area contributed by atoms with Gasteiger partial charge in [-0.05, 0) is 12.1 Å². The zero-order valence-corrected chi connectivity index (χ0v) is 7.96.